The maximum Gasteiger partial charge on any atom is 0.265 e. The number of anilines is 1. The van der Waals surface area contributed by atoms with Crippen LogP contribution < -0.4 is 10.1 Å². The van der Waals surface area contributed by atoms with Gasteiger partial charge in [0.1, 0.15) is 5.75 Å². The highest BCUT2D eigenvalue weighted by atomic mass is 79.9. The molecular weight excluding hydrogens is 482 g/mol. The third-order valence-electron chi connectivity index (χ3n) is 2.92. The lowest BCUT2D eigenvalue weighted by Gasteiger charge is -2.06. The van der Waals surface area contributed by atoms with Gasteiger partial charge in [0.2, 0.25) is 0 Å². The van der Waals surface area contributed by atoms with E-state index in [4.69, 9.17) is 16.3 Å². The molecule has 2 heterocycles. The Morgan fingerprint density at radius 2 is 2.21 bits per heavy atom. The number of ether oxygens (including phenoxy) is 1. The number of carbonyl (C=O) groups is 1. The number of rotatable bonds is 5. The molecule has 124 valence electrons. The van der Waals surface area contributed by atoms with E-state index < -0.39 is 0 Å². The van der Waals surface area contributed by atoms with Crippen molar-refractivity contribution in [1.29, 1.82) is 0 Å². The lowest BCUT2D eigenvalue weighted by atomic mass is 10.3. The highest BCUT2D eigenvalue weighted by Gasteiger charge is 2.13. The molecule has 3 aromatic rings. The summed E-state index contributed by atoms with van der Waals surface area (Å²) < 4.78 is 8.89. The minimum absolute atomic E-state index is 0.193. The largest absolute Gasteiger partial charge is 0.471 e. The standard InChI is InChI=1S/C15H10Br2ClN3O2S/c16-12-5-13(24-14(12)17)15(22)20-10-6-19-21(7-10)8-23-11-3-1-2-9(18)4-11/h1-7H,8H2,(H,20,22). The summed E-state index contributed by atoms with van der Waals surface area (Å²) in [6.45, 7) is 0.215. The van der Waals surface area contributed by atoms with Gasteiger partial charge >= 0.3 is 0 Å². The van der Waals surface area contributed by atoms with Crippen molar-refractivity contribution < 1.29 is 9.53 Å². The summed E-state index contributed by atoms with van der Waals surface area (Å²) in [6, 6.07) is 8.88. The summed E-state index contributed by atoms with van der Waals surface area (Å²) in [5.74, 6) is 0.457. The smallest absolute Gasteiger partial charge is 0.265 e. The number of thiophene rings is 1. The number of amides is 1. The molecular formula is C15H10Br2ClN3O2S. The molecule has 0 bridgehead atoms. The van der Waals surface area contributed by atoms with Gasteiger partial charge < -0.3 is 10.1 Å². The van der Waals surface area contributed by atoms with Gasteiger partial charge in [-0.2, -0.15) is 5.10 Å². The van der Waals surface area contributed by atoms with Crippen molar-refractivity contribution in [2.45, 2.75) is 6.73 Å². The fourth-order valence-electron chi connectivity index (χ4n) is 1.85. The Hall–Kier alpha value is -1.35. The molecule has 0 saturated heterocycles. The number of nitrogens with zero attached hydrogens (tertiary/aromatic N) is 2. The number of halogens is 3. The van der Waals surface area contributed by atoms with Crippen LogP contribution in [0.15, 0.2) is 51.0 Å². The average molecular weight is 492 g/mol. The quantitative estimate of drug-likeness (QED) is 0.519. The molecule has 1 aromatic carbocycles. The number of benzene rings is 1. The van der Waals surface area contributed by atoms with Gasteiger partial charge in [-0.15, -0.1) is 11.3 Å². The Morgan fingerprint density at radius 1 is 1.38 bits per heavy atom. The van der Waals surface area contributed by atoms with Gasteiger partial charge in [-0.05, 0) is 56.1 Å². The van der Waals surface area contributed by atoms with Crippen molar-refractivity contribution in [2.75, 3.05) is 5.32 Å². The summed E-state index contributed by atoms with van der Waals surface area (Å²) in [5, 5.41) is 7.55. The van der Waals surface area contributed by atoms with Crippen LogP contribution in [0.2, 0.25) is 5.02 Å². The van der Waals surface area contributed by atoms with Crippen LogP contribution in [0.1, 0.15) is 9.67 Å². The molecule has 0 atom stereocenters. The first-order valence-electron chi connectivity index (χ1n) is 6.68. The lowest BCUT2D eigenvalue weighted by molar-refractivity contribution is 0.103. The van der Waals surface area contributed by atoms with Crippen LogP contribution in [0.25, 0.3) is 0 Å². The molecule has 0 aliphatic carbocycles. The van der Waals surface area contributed by atoms with Gasteiger partial charge in [0, 0.05) is 9.50 Å². The van der Waals surface area contributed by atoms with Crippen LogP contribution in [0.4, 0.5) is 5.69 Å². The summed E-state index contributed by atoms with van der Waals surface area (Å²) in [4.78, 5) is 12.8. The Balaban J connectivity index is 1.60. The predicted octanol–water partition coefficient (Wildman–Crippen LogP) is 5.41. The number of nitrogens with one attached hydrogen (secondary N) is 1. The van der Waals surface area contributed by atoms with Crippen LogP contribution in [0.3, 0.4) is 0 Å². The molecule has 9 heteroatoms. The van der Waals surface area contributed by atoms with Gasteiger partial charge in [-0.25, -0.2) is 4.68 Å². The van der Waals surface area contributed by atoms with E-state index in [1.165, 1.54) is 11.3 Å². The van der Waals surface area contributed by atoms with Crippen LogP contribution in [0.5, 0.6) is 5.75 Å². The van der Waals surface area contributed by atoms with Gasteiger partial charge in [0.25, 0.3) is 5.91 Å². The molecule has 1 amide bonds. The van der Waals surface area contributed by atoms with E-state index in [1.807, 2.05) is 12.1 Å². The predicted molar refractivity (Wildman–Crippen MR) is 102 cm³/mol. The highest BCUT2D eigenvalue weighted by Crippen LogP contribution is 2.32. The zero-order valence-corrected chi connectivity index (χ0v) is 16.7. The van der Waals surface area contributed by atoms with E-state index in [-0.39, 0.29) is 12.6 Å². The highest BCUT2D eigenvalue weighted by molar-refractivity contribution is 9.13. The van der Waals surface area contributed by atoms with Gasteiger partial charge in [0.15, 0.2) is 6.73 Å². The molecule has 0 aliphatic heterocycles. The number of aromatic nitrogens is 2. The van der Waals surface area contributed by atoms with Crippen LogP contribution in [0, 0.1) is 0 Å². The number of hydrogen-bond acceptors (Lipinski definition) is 4. The third-order valence-corrected chi connectivity index (χ3v) is 6.41. The summed E-state index contributed by atoms with van der Waals surface area (Å²) in [5.41, 5.74) is 0.593. The molecule has 5 nitrogen and oxygen atoms in total. The fraction of sp³-hybridized carbons (Fsp3) is 0.0667. The third kappa shape index (κ3) is 4.38. The Kier molecular flexibility index (Phi) is 5.60. The maximum absolute atomic E-state index is 12.2. The van der Waals surface area contributed by atoms with Crippen molar-refractivity contribution in [3.63, 3.8) is 0 Å². The zero-order valence-electron chi connectivity index (χ0n) is 12.0. The minimum atomic E-state index is -0.193. The van der Waals surface area contributed by atoms with E-state index in [9.17, 15) is 4.79 Å². The second-order valence-electron chi connectivity index (χ2n) is 4.69. The van der Waals surface area contributed by atoms with E-state index in [2.05, 4.69) is 42.3 Å². The molecule has 3 rings (SSSR count). The summed E-state index contributed by atoms with van der Waals surface area (Å²) in [7, 11) is 0. The first-order chi connectivity index (χ1) is 11.5. The lowest BCUT2D eigenvalue weighted by Crippen LogP contribution is -2.09. The summed E-state index contributed by atoms with van der Waals surface area (Å²) >= 11 is 14.0. The SMILES string of the molecule is O=C(Nc1cnn(COc2cccc(Cl)c2)c1)c1cc(Br)c(Br)s1. The Morgan fingerprint density at radius 3 is 2.92 bits per heavy atom. The summed E-state index contributed by atoms with van der Waals surface area (Å²) in [6.07, 6.45) is 3.26. The van der Waals surface area contributed by atoms with E-state index in [0.717, 1.165) is 8.26 Å². The molecule has 0 fully saturated rings. The van der Waals surface area contributed by atoms with Crippen molar-refractivity contribution in [3.05, 3.63) is 60.9 Å². The minimum Gasteiger partial charge on any atom is -0.471 e. The second kappa shape index (κ2) is 7.69. The normalized spacial score (nSPS) is 10.6. The molecule has 0 aliphatic rings. The molecule has 0 unspecified atom stereocenters. The first kappa shape index (κ1) is 17.5. The molecule has 2 aromatic heterocycles. The zero-order chi connectivity index (χ0) is 17.1. The average Bonchev–Trinajstić information content (AvgIpc) is 3.12. The van der Waals surface area contributed by atoms with Gasteiger partial charge in [-0.1, -0.05) is 17.7 Å². The monoisotopic (exact) mass is 489 g/mol. The van der Waals surface area contributed by atoms with E-state index in [1.54, 1.807) is 35.3 Å². The second-order valence-corrected chi connectivity index (χ2v) is 8.35. The molecule has 0 radical (unpaired) electrons. The molecule has 1 N–H and O–H groups in total. The van der Waals surface area contributed by atoms with Gasteiger partial charge in [0.05, 0.1) is 26.7 Å². The van der Waals surface area contributed by atoms with Crippen LogP contribution in [-0.4, -0.2) is 15.7 Å². The van der Waals surface area contributed by atoms with E-state index in [0.29, 0.717) is 21.3 Å². The molecule has 0 spiro atoms. The van der Waals surface area contributed by atoms with Crippen molar-refractivity contribution in [3.8, 4) is 5.75 Å². The Labute approximate surface area is 163 Å². The molecule has 0 saturated carbocycles. The molecule has 24 heavy (non-hydrogen) atoms. The first-order valence-corrected chi connectivity index (χ1v) is 9.46. The van der Waals surface area contributed by atoms with Gasteiger partial charge in [-0.3, -0.25) is 4.79 Å². The topological polar surface area (TPSA) is 56.2 Å². The number of carbonyl (C=O) groups excluding carboxylic acids is 1. The number of hydrogen-bond donors (Lipinski definition) is 1. The maximum atomic E-state index is 12.2. The van der Waals surface area contributed by atoms with Crippen molar-refractivity contribution in [2.24, 2.45) is 0 Å². The Bertz CT molecular complexity index is 862. The van der Waals surface area contributed by atoms with Crippen molar-refractivity contribution in [1.82, 2.24) is 9.78 Å². The van der Waals surface area contributed by atoms with Crippen molar-refractivity contribution >= 4 is 66.4 Å². The fourth-order valence-corrected chi connectivity index (χ4v) is 3.96. The van der Waals surface area contributed by atoms with Crippen LogP contribution >= 0.6 is 54.8 Å². The van der Waals surface area contributed by atoms with E-state index >= 15 is 0 Å². The van der Waals surface area contributed by atoms with Crippen LogP contribution in [-0.2, 0) is 6.73 Å².